The van der Waals surface area contributed by atoms with Gasteiger partial charge >= 0.3 is 0 Å². The van der Waals surface area contributed by atoms with E-state index in [2.05, 4.69) is 17.3 Å². The van der Waals surface area contributed by atoms with Crippen molar-refractivity contribution < 1.29 is 9.84 Å². The summed E-state index contributed by atoms with van der Waals surface area (Å²) in [5, 5.41) is 16.7. The quantitative estimate of drug-likeness (QED) is 0.459. The molecular formula is C13H20ClN3O2. The first-order valence-electron chi connectivity index (χ1n) is 6.27. The minimum atomic E-state index is -0.0465. The second-order valence-corrected chi connectivity index (χ2v) is 4.66. The number of rotatable bonds is 7. The monoisotopic (exact) mass is 285 g/mol. The van der Waals surface area contributed by atoms with Gasteiger partial charge in [0.15, 0.2) is 0 Å². The highest BCUT2D eigenvalue weighted by Crippen LogP contribution is 2.31. The summed E-state index contributed by atoms with van der Waals surface area (Å²) in [6.07, 6.45) is 0.845. The van der Waals surface area contributed by atoms with E-state index in [1.807, 2.05) is 19.1 Å². The number of hydrogen-bond acceptors (Lipinski definition) is 4. The lowest BCUT2D eigenvalue weighted by atomic mass is 9.92. The molecule has 0 aromatic heterocycles. The van der Waals surface area contributed by atoms with E-state index in [1.54, 1.807) is 6.07 Å². The number of nitrogens with two attached hydrogens (primary N) is 1. The van der Waals surface area contributed by atoms with Crippen molar-refractivity contribution in [3.05, 3.63) is 28.8 Å². The highest BCUT2D eigenvalue weighted by molar-refractivity contribution is 6.32. The Morgan fingerprint density at radius 1 is 1.47 bits per heavy atom. The molecule has 5 nitrogen and oxygen atoms in total. The first kappa shape index (κ1) is 15.7. The maximum atomic E-state index is 8.78. The molecule has 1 rings (SSSR count). The molecule has 0 fully saturated rings. The van der Waals surface area contributed by atoms with E-state index >= 15 is 0 Å². The van der Waals surface area contributed by atoms with Crippen LogP contribution in [-0.4, -0.2) is 24.4 Å². The molecular weight excluding hydrogens is 266 g/mol. The molecule has 2 atom stereocenters. The van der Waals surface area contributed by atoms with Crippen LogP contribution in [0, 0.1) is 0 Å². The van der Waals surface area contributed by atoms with Crippen LogP contribution < -0.4 is 10.6 Å². The molecule has 19 heavy (non-hydrogen) atoms. The summed E-state index contributed by atoms with van der Waals surface area (Å²) < 4.78 is 5.39. The lowest BCUT2D eigenvalue weighted by Gasteiger charge is -2.19. The lowest BCUT2D eigenvalue weighted by Crippen LogP contribution is -2.13. The normalized spacial score (nSPS) is 14.5. The summed E-state index contributed by atoms with van der Waals surface area (Å²) in [4.78, 5) is 0. The highest BCUT2D eigenvalue weighted by Gasteiger charge is 2.18. The number of aliphatic hydroxyl groups excluding tert-OH is 1. The van der Waals surface area contributed by atoms with Crippen molar-refractivity contribution in [3.63, 3.8) is 0 Å². The summed E-state index contributed by atoms with van der Waals surface area (Å²) in [6, 6.07) is 5.62. The molecule has 0 saturated carbocycles. The second kappa shape index (κ2) is 7.96. The SMILES string of the molecule is CCC(N=NN)C(C)c1ccc(Cl)c(OCCO)c1. The topological polar surface area (TPSA) is 80.2 Å². The van der Waals surface area contributed by atoms with Gasteiger partial charge in [-0.05, 0) is 24.1 Å². The molecule has 6 heteroatoms. The van der Waals surface area contributed by atoms with E-state index in [9.17, 15) is 0 Å². The molecule has 0 heterocycles. The molecule has 0 amide bonds. The van der Waals surface area contributed by atoms with Crippen molar-refractivity contribution in [1.82, 2.24) is 0 Å². The smallest absolute Gasteiger partial charge is 0.138 e. The van der Waals surface area contributed by atoms with Gasteiger partial charge < -0.3 is 15.7 Å². The zero-order chi connectivity index (χ0) is 14.3. The summed E-state index contributed by atoms with van der Waals surface area (Å²) in [6.45, 7) is 4.27. The molecule has 0 saturated heterocycles. The fourth-order valence-electron chi connectivity index (χ4n) is 1.91. The van der Waals surface area contributed by atoms with Crippen molar-refractivity contribution in [2.24, 2.45) is 16.2 Å². The van der Waals surface area contributed by atoms with Gasteiger partial charge in [0, 0.05) is 5.92 Å². The number of nitrogens with zero attached hydrogens (tertiary/aromatic N) is 2. The van der Waals surface area contributed by atoms with Crippen LogP contribution in [0.1, 0.15) is 31.7 Å². The largest absolute Gasteiger partial charge is 0.490 e. The molecule has 1 aromatic carbocycles. The van der Waals surface area contributed by atoms with Gasteiger partial charge in [-0.2, -0.15) is 5.11 Å². The minimum Gasteiger partial charge on any atom is -0.490 e. The first-order valence-corrected chi connectivity index (χ1v) is 6.65. The van der Waals surface area contributed by atoms with Gasteiger partial charge in [0.2, 0.25) is 0 Å². The van der Waals surface area contributed by atoms with Gasteiger partial charge in [0.25, 0.3) is 0 Å². The summed E-state index contributed by atoms with van der Waals surface area (Å²) in [7, 11) is 0. The van der Waals surface area contributed by atoms with Crippen LogP contribution in [0.25, 0.3) is 0 Å². The number of benzene rings is 1. The Kier molecular flexibility index (Phi) is 6.59. The van der Waals surface area contributed by atoms with E-state index < -0.39 is 0 Å². The van der Waals surface area contributed by atoms with Crippen molar-refractivity contribution in [2.45, 2.75) is 32.2 Å². The molecule has 1 aromatic rings. The predicted molar refractivity (Wildman–Crippen MR) is 75.6 cm³/mol. The van der Waals surface area contributed by atoms with Crippen molar-refractivity contribution >= 4 is 11.6 Å². The third-order valence-electron chi connectivity index (χ3n) is 3.04. The van der Waals surface area contributed by atoms with Crippen molar-refractivity contribution in [1.29, 1.82) is 0 Å². The summed E-state index contributed by atoms with van der Waals surface area (Å²) >= 11 is 6.04. The highest BCUT2D eigenvalue weighted by atomic mass is 35.5. The van der Waals surface area contributed by atoms with Gasteiger partial charge in [0.05, 0.1) is 17.7 Å². The van der Waals surface area contributed by atoms with Gasteiger partial charge in [-0.3, -0.25) is 0 Å². The van der Waals surface area contributed by atoms with Crippen LogP contribution in [-0.2, 0) is 0 Å². The van der Waals surface area contributed by atoms with E-state index in [0.717, 1.165) is 12.0 Å². The lowest BCUT2D eigenvalue weighted by molar-refractivity contribution is 0.201. The van der Waals surface area contributed by atoms with E-state index in [-0.39, 0.29) is 25.2 Å². The van der Waals surface area contributed by atoms with Gasteiger partial charge in [-0.1, -0.05) is 36.7 Å². The van der Waals surface area contributed by atoms with E-state index in [1.165, 1.54) is 0 Å². The molecule has 2 unspecified atom stereocenters. The zero-order valence-corrected chi connectivity index (χ0v) is 12.0. The Labute approximate surface area is 118 Å². The van der Waals surface area contributed by atoms with Crippen LogP contribution in [0.2, 0.25) is 5.02 Å². The van der Waals surface area contributed by atoms with Gasteiger partial charge in [0.1, 0.15) is 12.4 Å². The number of ether oxygens (including phenoxy) is 1. The average Bonchev–Trinajstić information content (AvgIpc) is 2.43. The third kappa shape index (κ3) is 4.36. The molecule has 0 aliphatic rings. The Balaban J connectivity index is 2.93. The molecule has 3 N–H and O–H groups in total. The maximum Gasteiger partial charge on any atom is 0.138 e. The second-order valence-electron chi connectivity index (χ2n) is 4.26. The molecule has 0 bridgehead atoms. The standard InChI is InChI=1S/C13H20ClN3O2/c1-3-12(16-17-15)9(2)10-4-5-11(14)13(8-10)19-7-6-18/h4-5,8-9,12,18H,3,6-7H2,1-2H3,(H2,15,16). The summed E-state index contributed by atoms with van der Waals surface area (Å²) in [5.41, 5.74) is 1.05. The van der Waals surface area contributed by atoms with Crippen molar-refractivity contribution in [2.75, 3.05) is 13.2 Å². The minimum absolute atomic E-state index is 0.0249. The fourth-order valence-corrected chi connectivity index (χ4v) is 2.08. The molecule has 0 aliphatic heterocycles. The van der Waals surface area contributed by atoms with Gasteiger partial charge in [-0.25, -0.2) is 0 Å². The Hall–Kier alpha value is -1.33. The molecule has 0 radical (unpaired) electrons. The Bertz CT molecular complexity index is 426. The molecule has 0 spiro atoms. The zero-order valence-electron chi connectivity index (χ0n) is 11.2. The predicted octanol–water partition coefficient (Wildman–Crippen LogP) is 2.92. The van der Waals surface area contributed by atoms with Crippen LogP contribution >= 0.6 is 11.6 Å². The Morgan fingerprint density at radius 2 is 2.21 bits per heavy atom. The first-order chi connectivity index (χ1) is 9.13. The Morgan fingerprint density at radius 3 is 2.79 bits per heavy atom. The van der Waals surface area contributed by atoms with Crippen LogP contribution in [0.3, 0.4) is 0 Å². The van der Waals surface area contributed by atoms with Gasteiger partial charge in [-0.15, -0.1) is 0 Å². The summed E-state index contributed by atoms with van der Waals surface area (Å²) in [5.74, 6) is 5.85. The third-order valence-corrected chi connectivity index (χ3v) is 3.35. The molecule has 106 valence electrons. The number of halogens is 1. The fraction of sp³-hybridized carbons (Fsp3) is 0.538. The average molecular weight is 286 g/mol. The number of aliphatic hydroxyl groups is 1. The van der Waals surface area contributed by atoms with Crippen LogP contribution in [0.4, 0.5) is 0 Å². The maximum absolute atomic E-state index is 8.78. The van der Waals surface area contributed by atoms with E-state index in [4.69, 9.17) is 27.3 Å². The number of hydrogen-bond donors (Lipinski definition) is 2. The van der Waals surface area contributed by atoms with Crippen LogP contribution in [0.5, 0.6) is 5.75 Å². The van der Waals surface area contributed by atoms with E-state index in [0.29, 0.717) is 10.8 Å². The van der Waals surface area contributed by atoms with Crippen LogP contribution in [0.15, 0.2) is 28.5 Å². The van der Waals surface area contributed by atoms with Crippen molar-refractivity contribution in [3.8, 4) is 5.75 Å². The molecule has 0 aliphatic carbocycles.